The third-order valence-electron chi connectivity index (χ3n) is 3.83. The number of benzene rings is 2. The number of anilines is 2. The fourth-order valence-electron chi connectivity index (χ4n) is 2.26. The predicted molar refractivity (Wildman–Crippen MR) is 111 cm³/mol. The van der Waals surface area contributed by atoms with E-state index in [4.69, 9.17) is 4.74 Å². The van der Waals surface area contributed by atoms with E-state index in [0.717, 1.165) is 15.6 Å². The van der Waals surface area contributed by atoms with Gasteiger partial charge in [0.1, 0.15) is 5.75 Å². The second-order valence-electron chi connectivity index (χ2n) is 6.46. The second kappa shape index (κ2) is 9.41. The summed E-state index contributed by atoms with van der Waals surface area (Å²) in [7, 11) is 3.35. The molecule has 2 rings (SSSR count). The highest BCUT2D eigenvalue weighted by molar-refractivity contribution is 9.10. The molecule has 0 aliphatic carbocycles. The van der Waals surface area contributed by atoms with E-state index in [1.54, 1.807) is 14.1 Å². The molecule has 2 aromatic rings. The summed E-state index contributed by atoms with van der Waals surface area (Å²) in [5.74, 6) is 0.217. The molecule has 0 saturated carbocycles. The van der Waals surface area contributed by atoms with Gasteiger partial charge in [-0.2, -0.15) is 0 Å². The van der Waals surface area contributed by atoms with Crippen molar-refractivity contribution in [3.8, 4) is 5.75 Å². The Kier molecular flexibility index (Phi) is 7.24. The molecule has 2 N–H and O–H groups in total. The lowest BCUT2D eigenvalue weighted by Crippen LogP contribution is -2.28. The highest BCUT2D eigenvalue weighted by atomic mass is 79.9. The van der Waals surface area contributed by atoms with Gasteiger partial charge < -0.3 is 20.3 Å². The van der Waals surface area contributed by atoms with Crippen molar-refractivity contribution in [3.63, 3.8) is 0 Å². The van der Waals surface area contributed by atoms with Crippen molar-refractivity contribution in [2.45, 2.75) is 13.8 Å². The number of aryl methyl sites for hydroxylation is 2. The first kappa shape index (κ1) is 20.8. The average molecular weight is 434 g/mol. The monoisotopic (exact) mass is 433 g/mol. The van der Waals surface area contributed by atoms with Crippen LogP contribution in [0.5, 0.6) is 5.75 Å². The van der Waals surface area contributed by atoms with Gasteiger partial charge in [0.2, 0.25) is 5.91 Å². The Morgan fingerprint density at radius 2 is 1.67 bits per heavy atom. The lowest BCUT2D eigenvalue weighted by Gasteiger charge is -2.16. The Balaban J connectivity index is 2.00. The van der Waals surface area contributed by atoms with Crippen molar-refractivity contribution in [3.05, 3.63) is 52.0 Å². The Morgan fingerprint density at radius 1 is 1.04 bits per heavy atom. The molecule has 0 radical (unpaired) electrons. The number of halogens is 1. The summed E-state index contributed by atoms with van der Waals surface area (Å²) in [5, 5.41) is 5.92. The molecule has 0 atom stereocenters. The van der Waals surface area contributed by atoms with Crippen molar-refractivity contribution in [1.82, 2.24) is 4.90 Å². The Bertz CT molecular complexity index is 837. The SMILES string of the molecule is Cc1ccc(NC(=O)CNc2ccc(C)cc2OCC(=O)N(C)C)c(Br)c1. The minimum absolute atomic E-state index is 0.0619. The van der Waals surface area contributed by atoms with Gasteiger partial charge in [-0.25, -0.2) is 0 Å². The normalized spacial score (nSPS) is 10.3. The van der Waals surface area contributed by atoms with Crippen molar-refractivity contribution < 1.29 is 14.3 Å². The molecule has 0 saturated heterocycles. The number of rotatable bonds is 7. The number of carbonyl (C=O) groups is 2. The van der Waals surface area contributed by atoms with E-state index in [0.29, 0.717) is 17.1 Å². The maximum atomic E-state index is 12.3. The van der Waals surface area contributed by atoms with E-state index in [1.165, 1.54) is 4.90 Å². The standard InChI is InChI=1S/C20H24BrN3O3/c1-13-5-7-16(15(21)9-13)23-19(25)11-22-17-8-6-14(2)10-18(17)27-12-20(26)24(3)4/h5-10,22H,11-12H2,1-4H3,(H,23,25). The summed E-state index contributed by atoms with van der Waals surface area (Å²) < 4.78 is 6.46. The van der Waals surface area contributed by atoms with E-state index in [9.17, 15) is 9.59 Å². The summed E-state index contributed by atoms with van der Waals surface area (Å²) in [6.45, 7) is 3.93. The average Bonchev–Trinajstić information content (AvgIpc) is 2.61. The first-order valence-electron chi connectivity index (χ1n) is 8.49. The highest BCUT2D eigenvalue weighted by Crippen LogP contribution is 2.26. The van der Waals surface area contributed by atoms with E-state index in [1.807, 2.05) is 50.2 Å². The van der Waals surface area contributed by atoms with Crippen molar-refractivity contribution in [2.24, 2.45) is 0 Å². The Labute approximate surface area is 168 Å². The van der Waals surface area contributed by atoms with Gasteiger partial charge in [-0.05, 0) is 65.2 Å². The molecule has 7 heteroatoms. The topological polar surface area (TPSA) is 70.7 Å². The number of hydrogen-bond acceptors (Lipinski definition) is 4. The molecular weight excluding hydrogens is 410 g/mol. The number of hydrogen-bond donors (Lipinski definition) is 2. The van der Waals surface area contributed by atoms with Crippen LogP contribution in [0.1, 0.15) is 11.1 Å². The minimum Gasteiger partial charge on any atom is -0.482 e. The van der Waals surface area contributed by atoms with Crippen LogP contribution in [0.15, 0.2) is 40.9 Å². The number of likely N-dealkylation sites (N-methyl/N-ethyl adjacent to an activating group) is 1. The molecule has 0 fully saturated rings. The summed E-state index contributed by atoms with van der Waals surface area (Å²) >= 11 is 3.45. The van der Waals surface area contributed by atoms with E-state index >= 15 is 0 Å². The summed E-state index contributed by atoms with van der Waals surface area (Å²) in [5.41, 5.74) is 3.47. The smallest absolute Gasteiger partial charge is 0.259 e. The van der Waals surface area contributed by atoms with Crippen molar-refractivity contribution >= 4 is 39.1 Å². The zero-order chi connectivity index (χ0) is 20.0. The van der Waals surface area contributed by atoms with Crippen LogP contribution in [-0.2, 0) is 9.59 Å². The minimum atomic E-state index is -0.185. The molecule has 144 valence electrons. The Morgan fingerprint density at radius 3 is 2.30 bits per heavy atom. The number of carbonyl (C=O) groups excluding carboxylic acids is 2. The molecule has 0 unspecified atom stereocenters. The fourth-order valence-corrected chi connectivity index (χ4v) is 2.85. The van der Waals surface area contributed by atoms with E-state index in [2.05, 4.69) is 26.6 Å². The summed E-state index contributed by atoms with van der Waals surface area (Å²) in [4.78, 5) is 25.5. The quantitative estimate of drug-likeness (QED) is 0.699. The molecule has 0 aliphatic rings. The van der Waals surface area contributed by atoms with Crippen molar-refractivity contribution in [1.29, 1.82) is 0 Å². The van der Waals surface area contributed by atoms with Crippen LogP contribution in [0.25, 0.3) is 0 Å². The first-order valence-corrected chi connectivity index (χ1v) is 9.29. The van der Waals surface area contributed by atoms with E-state index < -0.39 is 0 Å². The van der Waals surface area contributed by atoms with Crippen LogP contribution in [0.2, 0.25) is 0 Å². The van der Waals surface area contributed by atoms with Gasteiger partial charge in [-0.15, -0.1) is 0 Å². The third kappa shape index (κ3) is 6.29. The summed E-state index contributed by atoms with van der Waals surface area (Å²) in [6, 6.07) is 11.3. The van der Waals surface area contributed by atoms with Crippen LogP contribution >= 0.6 is 15.9 Å². The fraction of sp³-hybridized carbons (Fsp3) is 0.300. The molecule has 6 nitrogen and oxygen atoms in total. The lowest BCUT2D eigenvalue weighted by atomic mass is 10.2. The molecule has 0 spiro atoms. The third-order valence-corrected chi connectivity index (χ3v) is 4.48. The van der Waals surface area contributed by atoms with Gasteiger partial charge in [0, 0.05) is 18.6 Å². The van der Waals surface area contributed by atoms with Crippen LogP contribution in [0.4, 0.5) is 11.4 Å². The summed E-state index contributed by atoms with van der Waals surface area (Å²) in [6.07, 6.45) is 0. The van der Waals surface area contributed by atoms with Gasteiger partial charge in [-0.3, -0.25) is 9.59 Å². The molecule has 27 heavy (non-hydrogen) atoms. The van der Waals surface area contributed by atoms with Crippen LogP contribution < -0.4 is 15.4 Å². The number of nitrogens with zero attached hydrogens (tertiary/aromatic N) is 1. The molecular formula is C20H24BrN3O3. The molecule has 0 aromatic heterocycles. The maximum Gasteiger partial charge on any atom is 0.259 e. The zero-order valence-electron chi connectivity index (χ0n) is 15.9. The largest absolute Gasteiger partial charge is 0.482 e. The number of amides is 2. The van der Waals surface area contributed by atoms with Crippen LogP contribution in [0.3, 0.4) is 0 Å². The lowest BCUT2D eigenvalue weighted by molar-refractivity contribution is -0.130. The van der Waals surface area contributed by atoms with Gasteiger partial charge in [-0.1, -0.05) is 12.1 Å². The highest BCUT2D eigenvalue weighted by Gasteiger charge is 2.11. The Hall–Kier alpha value is -2.54. The zero-order valence-corrected chi connectivity index (χ0v) is 17.5. The first-order chi connectivity index (χ1) is 12.8. The molecule has 0 heterocycles. The molecule has 0 aliphatic heterocycles. The van der Waals surface area contributed by atoms with Gasteiger partial charge in [0.25, 0.3) is 5.91 Å². The number of ether oxygens (including phenoxy) is 1. The molecule has 2 aromatic carbocycles. The van der Waals surface area contributed by atoms with Crippen LogP contribution in [0, 0.1) is 13.8 Å². The van der Waals surface area contributed by atoms with Crippen molar-refractivity contribution in [2.75, 3.05) is 37.9 Å². The molecule has 2 amide bonds. The van der Waals surface area contributed by atoms with Gasteiger partial charge in [0.05, 0.1) is 17.9 Å². The number of nitrogens with one attached hydrogen (secondary N) is 2. The maximum absolute atomic E-state index is 12.3. The second-order valence-corrected chi connectivity index (χ2v) is 7.32. The molecule has 0 bridgehead atoms. The predicted octanol–water partition coefficient (Wildman–Crippen LogP) is 3.58. The van der Waals surface area contributed by atoms with Gasteiger partial charge >= 0.3 is 0 Å². The van der Waals surface area contributed by atoms with Crippen LogP contribution in [-0.4, -0.2) is 44.0 Å². The van der Waals surface area contributed by atoms with E-state index in [-0.39, 0.29) is 25.0 Å². The van der Waals surface area contributed by atoms with Gasteiger partial charge in [0.15, 0.2) is 6.61 Å².